The summed E-state index contributed by atoms with van der Waals surface area (Å²) in [6, 6.07) is 0.222. The van der Waals surface area contributed by atoms with E-state index in [1.165, 1.54) is 0 Å². The molecule has 7 heteroatoms. The Balaban J connectivity index is 1.87. The van der Waals surface area contributed by atoms with E-state index in [0.29, 0.717) is 19.6 Å². The Morgan fingerprint density at radius 3 is 2.52 bits per heavy atom. The molecule has 0 aromatic carbocycles. The second-order valence-electron chi connectivity index (χ2n) is 8.91. The number of hydrogen-bond acceptors (Lipinski definition) is 6. The molecule has 0 aromatic rings. The van der Waals surface area contributed by atoms with Crippen LogP contribution in [0, 0.1) is 5.41 Å². The van der Waals surface area contributed by atoms with Gasteiger partial charge in [0, 0.05) is 33.3 Å². The van der Waals surface area contributed by atoms with Gasteiger partial charge in [0.15, 0.2) is 5.96 Å². The number of fused-ring (bicyclic) bond motifs is 1. The fraction of sp³-hybridized carbons (Fsp3) is 0.889. The quantitative estimate of drug-likeness (QED) is 0.839. The molecule has 2 aliphatic heterocycles. The Morgan fingerprint density at radius 1 is 1.28 bits per heavy atom. The second kappa shape index (κ2) is 7.40. The van der Waals surface area contributed by atoms with Crippen molar-refractivity contribution < 1.29 is 14.3 Å². The first-order valence-corrected chi connectivity index (χ1v) is 9.07. The summed E-state index contributed by atoms with van der Waals surface area (Å²) >= 11 is 0. The highest BCUT2D eigenvalue weighted by molar-refractivity contribution is 5.82. The van der Waals surface area contributed by atoms with Gasteiger partial charge in [0.1, 0.15) is 5.60 Å². The molecule has 0 radical (unpaired) electrons. The molecule has 144 valence electrons. The lowest BCUT2D eigenvalue weighted by molar-refractivity contribution is 0.0126. The summed E-state index contributed by atoms with van der Waals surface area (Å²) in [5.41, 5.74) is -0.398. The van der Waals surface area contributed by atoms with Crippen LogP contribution in [0.5, 0.6) is 0 Å². The second-order valence-corrected chi connectivity index (χ2v) is 8.91. The number of amides is 1. The largest absolute Gasteiger partial charge is 0.444 e. The van der Waals surface area contributed by atoms with E-state index in [4.69, 9.17) is 9.47 Å². The highest BCUT2D eigenvalue weighted by Gasteiger charge is 2.37. The molecule has 0 saturated carbocycles. The number of nitrogens with one attached hydrogen (secondary N) is 1. The van der Waals surface area contributed by atoms with E-state index in [1.807, 2.05) is 20.8 Å². The molecule has 25 heavy (non-hydrogen) atoms. The van der Waals surface area contributed by atoms with Crippen LogP contribution in [0.15, 0.2) is 4.99 Å². The minimum atomic E-state index is -0.463. The first-order valence-electron chi connectivity index (χ1n) is 9.07. The monoisotopic (exact) mass is 354 g/mol. The van der Waals surface area contributed by atoms with Gasteiger partial charge in [-0.3, -0.25) is 4.99 Å². The number of rotatable bonds is 3. The van der Waals surface area contributed by atoms with Crippen LogP contribution in [0.2, 0.25) is 0 Å². The van der Waals surface area contributed by atoms with Crippen LogP contribution in [-0.2, 0) is 9.47 Å². The molecule has 0 spiro atoms. The maximum atomic E-state index is 12.3. The van der Waals surface area contributed by atoms with Gasteiger partial charge in [0.2, 0.25) is 0 Å². The van der Waals surface area contributed by atoms with Crippen molar-refractivity contribution in [2.45, 2.75) is 59.3 Å². The zero-order valence-corrected chi connectivity index (χ0v) is 16.8. The molecule has 2 rings (SSSR count). The average molecular weight is 354 g/mol. The maximum absolute atomic E-state index is 12.3. The minimum absolute atomic E-state index is 0.0652. The lowest BCUT2D eigenvalue weighted by atomic mass is 9.89. The number of carbonyl (C=O) groups is 1. The van der Waals surface area contributed by atoms with Crippen LogP contribution >= 0.6 is 0 Å². The fourth-order valence-electron chi connectivity index (χ4n) is 3.15. The lowest BCUT2D eigenvalue weighted by Crippen LogP contribution is -2.58. The molecule has 0 aromatic heterocycles. The Morgan fingerprint density at radius 2 is 1.96 bits per heavy atom. The summed E-state index contributed by atoms with van der Waals surface area (Å²) in [5.74, 6) is 0.917. The van der Waals surface area contributed by atoms with Crippen molar-refractivity contribution in [2.24, 2.45) is 10.4 Å². The van der Waals surface area contributed by atoms with Gasteiger partial charge in [-0.2, -0.15) is 0 Å². The van der Waals surface area contributed by atoms with Crippen LogP contribution in [0.1, 0.15) is 41.5 Å². The van der Waals surface area contributed by atoms with E-state index in [9.17, 15) is 4.79 Å². The Bertz CT molecular complexity index is 507. The standard InChI is InChI=1S/C18H34N4O3/c1-17(2,3)14(24-7)11-20-15-19-10-13-12-21(8-9-22(13)15)16(23)25-18(4,5)6/h13-14H,8-12H2,1-7H3,(H,19,20). The van der Waals surface area contributed by atoms with Crippen molar-refractivity contribution in [3.63, 3.8) is 0 Å². The topological polar surface area (TPSA) is 66.4 Å². The zero-order chi connectivity index (χ0) is 18.8. The molecule has 0 aliphatic carbocycles. The lowest BCUT2D eigenvalue weighted by Gasteiger charge is -2.39. The number of carbonyl (C=O) groups excluding carboxylic acids is 1. The third kappa shape index (κ3) is 5.23. The van der Waals surface area contributed by atoms with Gasteiger partial charge < -0.3 is 24.6 Å². The van der Waals surface area contributed by atoms with Crippen molar-refractivity contribution in [3.05, 3.63) is 0 Å². The Labute approximate surface area is 151 Å². The van der Waals surface area contributed by atoms with E-state index >= 15 is 0 Å². The minimum Gasteiger partial charge on any atom is -0.444 e. The van der Waals surface area contributed by atoms with E-state index in [-0.39, 0.29) is 23.7 Å². The Hall–Kier alpha value is -1.50. The summed E-state index contributed by atoms with van der Waals surface area (Å²) in [6.45, 7) is 15.7. The molecule has 1 amide bonds. The zero-order valence-electron chi connectivity index (χ0n) is 16.8. The van der Waals surface area contributed by atoms with Crippen LogP contribution in [0.25, 0.3) is 0 Å². The number of methoxy groups -OCH3 is 1. The van der Waals surface area contributed by atoms with Crippen LogP contribution in [0.4, 0.5) is 4.79 Å². The Kier molecular flexibility index (Phi) is 5.86. The van der Waals surface area contributed by atoms with E-state index < -0.39 is 5.60 Å². The molecular formula is C18H34N4O3. The van der Waals surface area contributed by atoms with E-state index in [1.54, 1.807) is 12.0 Å². The van der Waals surface area contributed by atoms with Crippen molar-refractivity contribution in [1.29, 1.82) is 0 Å². The highest BCUT2D eigenvalue weighted by Crippen LogP contribution is 2.22. The third-order valence-corrected chi connectivity index (χ3v) is 4.55. The van der Waals surface area contributed by atoms with Gasteiger partial charge in [-0.15, -0.1) is 0 Å². The van der Waals surface area contributed by atoms with Gasteiger partial charge in [-0.05, 0) is 26.2 Å². The predicted octanol–water partition coefficient (Wildman–Crippen LogP) is 1.93. The number of guanidine groups is 1. The fourth-order valence-corrected chi connectivity index (χ4v) is 3.15. The van der Waals surface area contributed by atoms with Crippen molar-refractivity contribution >= 4 is 12.1 Å². The molecular weight excluding hydrogens is 320 g/mol. The van der Waals surface area contributed by atoms with Gasteiger partial charge >= 0.3 is 6.09 Å². The first-order chi connectivity index (χ1) is 11.5. The van der Waals surface area contributed by atoms with Crippen molar-refractivity contribution in [3.8, 4) is 0 Å². The van der Waals surface area contributed by atoms with Crippen molar-refractivity contribution in [2.75, 3.05) is 39.8 Å². The molecule has 7 nitrogen and oxygen atoms in total. The smallest absolute Gasteiger partial charge is 0.410 e. The van der Waals surface area contributed by atoms with Gasteiger partial charge in [0.05, 0.1) is 18.7 Å². The number of aliphatic imine (C=N–C) groups is 1. The van der Waals surface area contributed by atoms with E-state index in [0.717, 1.165) is 19.0 Å². The van der Waals surface area contributed by atoms with E-state index in [2.05, 4.69) is 36.0 Å². The van der Waals surface area contributed by atoms with Gasteiger partial charge in [0.25, 0.3) is 0 Å². The number of nitrogens with zero attached hydrogens (tertiary/aromatic N) is 3. The third-order valence-electron chi connectivity index (χ3n) is 4.55. The average Bonchev–Trinajstić information content (AvgIpc) is 2.87. The molecule has 1 saturated heterocycles. The number of ether oxygens (including phenoxy) is 2. The summed E-state index contributed by atoms with van der Waals surface area (Å²) in [7, 11) is 1.75. The molecule has 0 bridgehead atoms. The number of piperazine rings is 1. The molecule has 1 N–H and O–H groups in total. The van der Waals surface area contributed by atoms with Crippen LogP contribution < -0.4 is 5.32 Å². The van der Waals surface area contributed by atoms with Gasteiger partial charge in [-0.1, -0.05) is 20.8 Å². The van der Waals surface area contributed by atoms with Crippen molar-refractivity contribution in [1.82, 2.24) is 15.1 Å². The number of hydrogen-bond donors (Lipinski definition) is 1. The first kappa shape index (κ1) is 19.8. The summed E-state index contributed by atoms with van der Waals surface area (Å²) in [4.78, 5) is 20.9. The highest BCUT2D eigenvalue weighted by atomic mass is 16.6. The predicted molar refractivity (Wildman–Crippen MR) is 98.9 cm³/mol. The van der Waals surface area contributed by atoms with Crippen LogP contribution in [0.3, 0.4) is 0 Å². The molecule has 1 fully saturated rings. The molecule has 2 unspecified atom stereocenters. The normalized spacial score (nSPS) is 22.4. The molecule has 2 aliphatic rings. The summed E-state index contributed by atoms with van der Waals surface area (Å²) in [6.07, 6.45) is -0.127. The molecule has 2 atom stereocenters. The van der Waals surface area contributed by atoms with Crippen LogP contribution in [-0.4, -0.2) is 79.4 Å². The maximum Gasteiger partial charge on any atom is 0.410 e. The van der Waals surface area contributed by atoms with Gasteiger partial charge in [-0.25, -0.2) is 4.79 Å². The molecule has 2 heterocycles. The summed E-state index contributed by atoms with van der Waals surface area (Å²) in [5, 5.41) is 3.44. The SMILES string of the molecule is COC(CNC1=NCC2CN(C(=O)OC(C)(C)C)CCN12)C(C)(C)C. The summed E-state index contributed by atoms with van der Waals surface area (Å²) < 4.78 is 11.1.